The lowest BCUT2D eigenvalue weighted by molar-refractivity contribution is -0.127. The number of rotatable bonds is 6. The SMILES string of the molecule is Cc1ccccc1CN(C)C(=O)CSc1nnc(N2CCCC2)s1. The van der Waals surface area contributed by atoms with E-state index in [0.717, 1.165) is 22.6 Å². The van der Waals surface area contributed by atoms with Crippen LogP contribution in [-0.4, -0.2) is 46.9 Å². The van der Waals surface area contributed by atoms with Crippen LogP contribution in [0.3, 0.4) is 0 Å². The van der Waals surface area contributed by atoms with Gasteiger partial charge in [-0.3, -0.25) is 4.79 Å². The minimum Gasteiger partial charge on any atom is -0.347 e. The summed E-state index contributed by atoms with van der Waals surface area (Å²) in [5.74, 6) is 0.512. The third-order valence-electron chi connectivity index (χ3n) is 4.19. The molecule has 24 heavy (non-hydrogen) atoms. The summed E-state index contributed by atoms with van der Waals surface area (Å²) < 4.78 is 0.870. The first-order valence-electron chi connectivity index (χ1n) is 8.13. The van der Waals surface area contributed by atoms with E-state index >= 15 is 0 Å². The normalized spacial score (nSPS) is 14.2. The Morgan fingerprint density at radius 2 is 2.04 bits per heavy atom. The number of carbonyl (C=O) groups excluding carboxylic acids is 1. The molecule has 0 unspecified atom stereocenters. The van der Waals surface area contributed by atoms with Crippen LogP contribution in [0.4, 0.5) is 5.13 Å². The zero-order valence-corrected chi connectivity index (χ0v) is 15.7. The van der Waals surface area contributed by atoms with E-state index in [1.54, 1.807) is 16.2 Å². The summed E-state index contributed by atoms with van der Waals surface area (Å²) in [6.07, 6.45) is 2.45. The van der Waals surface area contributed by atoms with Gasteiger partial charge in [-0.15, -0.1) is 10.2 Å². The van der Waals surface area contributed by atoms with Gasteiger partial charge in [-0.05, 0) is 30.9 Å². The lowest BCUT2D eigenvalue weighted by atomic mass is 10.1. The van der Waals surface area contributed by atoms with Gasteiger partial charge in [0, 0.05) is 26.7 Å². The summed E-state index contributed by atoms with van der Waals surface area (Å²) in [7, 11) is 1.85. The molecule has 1 aromatic carbocycles. The van der Waals surface area contributed by atoms with E-state index in [2.05, 4.69) is 34.2 Å². The molecule has 1 fully saturated rings. The standard InChI is InChI=1S/C17H22N4OS2/c1-13-7-3-4-8-14(13)11-20(2)15(22)12-23-17-19-18-16(24-17)21-9-5-6-10-21/h3-4,7-8H,5-6,9-12H2,1-2H3. The number of thioether (sulfide) groups is 1. The largest absolute Gasteiger partial charge is 0.347 e. The summed E-state index contributed by atoms with van der Waals surface area (Å²) in [5, 5.41) is 9.44. The molecule has 1 aliphatic heterocycles. The van der Waals surface area contributed by atoms with Gasteiger partial charge in [0.2, 0.25) is 11.0 Å². The highest BCUT2D eigenvalue weighted by Crippen LogP contribution is 2.30. The molecule has 128 valence electrons. The molecule has 3 rings (SSSR count). The molecule has 0 bridgehead atoms. The van der Waals surface area contributed by atoms with E-state index in [1.165, 1.54) is 35.7 Å². The van der Waals surface area contributed by atoms with Crippen molar-refractivity contribution in [1.29, 1.82) is 0 Å². The van der Waals surface area contributed by atoms with Crippen molar-refractivity contribution in [3.05, 3.63) is 35.4 Å². The maximum Gasteiger partial charge on any atom is 0.233 e. The van der Waals surface area contributed by atoms with Crippen molar-refractivity contribution in [1.82, 2.24) is 15.1 Å². The fraction of sp³-hybridized carbons (Fsp3) is 0.471. The van der Waals surface area contributed by atoms with Crippen LogP contribution in [0.25, 0.3) is 0 Å². The Labute approximate surface area is 151 Å². The smallest absolute Gasteiger partial charge is 0.233 e. The molecule has 1 saturated heterocycles. The second-order valence-corrected chi connectivity index (χ2v) is 8.19. The summed E-state index contributed by atoms with van der Waals surface area (Å²) in [4.78, 5) is 16.4. The monoisotopic (exact) mass is 362 g/mol. The van der Waals surface area contributed by atoms with Crippen molar-refractivity contribution >= 4 is 34.1 Å². The third kappa shape index (κ3) is 4.27. The number of hydrogen-bond acceptors (Lipinski definition) is 6. The Bertz CT molecular complexity index is 697. The first kappa shape index (κ1) is 17.2. The number of amides is 1. The molecule has 2 aromatic rings. The van der Waals surface area contributed by atoms with Crippen molar-refractivity contribution in [3.63, 3.8) is 0 Å². The number of aromatic nitrogens is 2. The molecule has 0 radical (unpaired) electrons. The van der Waals surface area contributed by atoms with Gasteiger partial charge >= 0.3 is 0 Å². The van der Waals surface area contributed by atoms with Crippen LogP contribution in [0, 0.1) is 6.92 Å². The van der Waals surface area contributed by atoms with Gasteiger partial charge in [0.05, 0.1) is 5.75 Å². The van der Waals surface area contributed by atoms with Gasteiger partial charge in [0.15, 0.2) is 4.34 Å². The quantitative estimate of drug-likeness (QED) is 0.739. The molecule has 0 saturated carbocycles. The zero-order valence-electron chi connectivity index (χ0n) is 14.1. The molecule has 0 atom stereocenters. The van der Waals surface area contributed by atoms with Gasteiger partial charge in [0.25, 0.3) is 0 Å². The Kier molecular flexibility index (Phi) is 5.73. The molecule has 7 heteroatoms. The maximum atomic E-state index is 12.3. The van der Waals surface area contributed by atoms with E-state index in [-0.39, 0.29) is 5.91 Å². The Morgan fingerprint density at radius 3 is 2.79 bits per heavy atom. The summed E-state index contributed by atoms with van der Waals surface area (Å²) in [5.41, 5.74) is 2.40. The fourth-order valence-electron chi connectivity index (χ4n) is 2.66. The number of anilines is 1. The van der Waals surface area contributed by atoms with Crippen molar-refractivity contribution in [3.8, 4) is 0 Å². The first-order valence-corrected chi connectivity index (χ1v) is 9.93. The lowest BCUT2D eigenvalue weighted by Crippen LogP contribution is -2.28. The molecule has 0 aliphatic carbocycles. The van der Waals surface area contributed by atoms with Crippen LogP contribution in [0.2, 0.25) is 0 Å². The van der Waals surface area contributed by atoms with E-state index in [0.29, 0.717) is 12.3 Å². The van der Waals surface area contributed by atoms with Gasteiger partial charge in [-0.2, -0.15) is 0 Å². The van der Waals surface area contributed by atoms with Crippen LogP contribution in [0.1, 0.15) is 24.0 Å². The van der Waals surface area contributed by atoms with Crippen LogP contribution in [-0.2, 0) is 11.3 Å². The van der Waals surface area contributed by atoms with Crippen LogP contribution < -0.4 is 4.90 Å². The second kappa shape index (κ2) is 7.98. The molecule has 1 amide bonds. The molecule has 0 spiro atoms. The molecular weight excluding hydrogens is 340 g/mol. The predicted molar refractivity (Wildman–Crippen MR) is 99.7 cm³/mol. The fourth-order valence-corrected chi connectivity index (χ4v) is 4.50. The van der Waals surface area contributed by atoms with Crippen molar-refractivity contribution in [2.75, 3.05) is 30.8 Å². The zero-order chi connectivity index (χ0) is 16.9. The minimum absolute atomic E-state index is 0.112. The summed E-state index contributed by atoms with van der Waals surface area (Å²) >= 11 is 3.06. The summed E-state index contributed by atoms with van der Waals surface area (Å²) in [6, 6.07) is 8.17. The predicted octanol–water partition coefficient (Wildman–Crippen LogP) is 3.20. The van der Waals surface area contributed by atoms with E-state index in [9.17, 15) is 4.79 Å². The minimum atomic E-state index is 0.112. The van der Waals surface area contributed by atoms with E-state index < -0.39 is 0 Å². The van der Waals surface area contributed by atoms with Gasteiger partial charge in [-0.1, -0.05) is 47.4 Å². The topological polar surface area (TPSA) is 49.3 Å². The summed E-state index contributed by atoms with van der Waals surface area (Å²) in [6.45, 7) is 4.85. The van der Waals surface area contributed by atoms with Crippen molar-refractivity contribution in [2.45, 2.75) is 30.6 Å². The second-order valence-electron chi connectivity index (χ2n) is 6.01. The van der Waals surface area contributed by atoms with Gasteiger partial charge in [-0.25, -0.2) is 0 Å². The van der Waals surface area contributed by atoms with Gasteiger partial charge < -0.3 is 9.80 Å². The number of aryl methyl sites for hydroxylation is 1. The van der Waals surface area contributed by atoms with Crippen LogP contribution >= 0.6 is 23.1 Å². The van der Waals surface area contributed by atoms with Crippen LogP contribution in [0.15, 0.2) is 28.6 Å². The van der Waals surface area contributed by atoms with Crippen molar-refractivity contribution < 1.29 is 4.79 Å². The van der Waals surface area contributed by atoms with Crippen molar-refractivity contribution in [2.24, 2.45) is 0 Å². The highest BCUT2D eigenvalue weighted by atomic mass is 32.2. The number of hydrogen-bond donors (Lipinski definition) is 0. The highest BCUT2D eigenvalue weighted by Gasteiger charge is 2.18. The van der Waals surface area contributed by atoms with E-state index in [4.69, 9.17) is 0 Å². The molecular formula is C17H22N4OS2. The number of benzene rings is 1. The highest BCUT2D eigenvalue weighted by molar-refractivity contribution is 8.01. The first-order chi connectivity index (χ1) is 11.6. The number of carbonyl (C=O) groups is 1. The average molecular weight is 363 g/mol. The Hall–Kier alpha value is -1.60. The Balaban J connectivity index is 1.50. The number of nitrogens with zero attached hydrogens (tertiary/aromatic N) is 4. The molecule has 2 heterocycles. The molecule has 5 nitrogen and oxygen atoms in total. The third-order valence-corrected chi connectivity index (χ3v) is 6.29. The van der Waals surface area contributed by atoms with E-state index in [1.807, 2.05) is 19.2 Å². The van der Waals surface area contributed by atoms with Crippen LogP contribution in [0.5, 0.6) is 0 Å². The maximum absolute atomic E-state index is 12.3. The lowest BCUT2D eigenvalue weighted by Gasteiger charge is -2.18. The molecule has 1 aliphatic rings. The average Bonchev–Trinajstić information content (AvgIpc) is 3.25. The molecule has 1 aromatic heterocycles. The molecule has 0 N–H and O–H groups in total. The Morgan fingerprint density at radius 1 is 1.29 bits per heavy atom. The van der Waals surface area contributed by atoms with Gasteiger partial charge in [0.1, 0.15) is 0 Å².